The third kappa shape index (κ3) is 12.8. The standard InChI is InChI=1S/C21H27O3P.C21H27O2P.C20H25O3P.C19H23O3P/c1-14-10-8-12-16(23-7)18(14)15-11-9-13-17-19(15)25(22,20(2,3)4)21(5,6)24-17;1-14-10-8-12-16(22-7)18(14)15-11-9-13-17-19(15)24(20(2,3)4)21(5,6)23-17;1-13-9-7-11-16(22-6)18(13)15-10-8-12-17-19(15)24(21,14(2)23-17)20(3,4)5;1-13-8-6-10-15(21-5)17(13)14-9-7-11-16-18(14)23(20,12-22-16)19(2,3)4/h8-13H,1-7H3;8-13H,1-7H3;7-12,14H,1-6H3;6-11H,12H2,1-5H3/t25-;24-;14-,24-;23-/m0100/s1. The van der Waals surface area contributed by atoms with E-state index in [4.69, 9.17) is 37.9 Å². The molecule has 0 spiro atoms. The number of hydrogen-bond donors (Lipinski definition) is 0. The second-order valence-electron chi connectivity index (χ2n) is 30.3. The number of rotatable bonds is 8. The Morgan fingerprint density at radius 1 is 0.427 bits per heavy atom. The van der Waals surface area contributed by atoms with E-state index in [0.29, 0.717) is 0 Å². The molecule has 8 aromatic rings. The largest absolute Gasteiger partial charge is 0.496 e. The summed E-state index contributed by atoms with van der Waals surface area (Å²) in [4.78, 5) is 0. The molecule has 8 aromatic carbocycles. The Morgan fingerprint density at radius 3 is 1.19 bits per heavy atom. The molecule has 4 aliphatic heterocycles. The first kappa shape index (κ1) is 73.5. The van der Waals surface area contributed by atoms with E-state index >= 15 is 0 Å². The Balaban J connectivity index is 0.000000150. The molecule has 0 aliphatic carbocycles. The molecule has 4 heterocycles. The van der Waals surface area contributed by atoms with E-state index in [0.717, 1.165) is 112 Å². The normalized spacial score (nSPS) is 20.8. The molecule has 15 heteroatoms. The lowest BCUT2D eigenvalue weighted by Crippen LogP contribution is -2.35. The predicted molar refractivity (Wildman–Crippen MR) is 405 cm³/mol. The zero-order valence-corrected chi connectivity index (χ0v) is 65.0. The molecule has 12 rings (SSSR count). The smallest absolute Gasteiger partial charge is 0.165 e. The molecule has 0 radical (unpaired) electrons. The van der Waals surface area contributed by atoms with Crippen molar-refractivity contribution in [3.8, 4) is 90.5 Å². The number of ether oxygens (including phenoxy) is 8. The van der Waals surface area contributed by atoms with E-state index in [-0.39, 0.29) is 33.0 Å². The monoisotopic (exact) mass is 1370 g/mol. The van der Waals surface area contributed by atoms with Gasteiger partial charge < -0.3 is 51.6 Å². The Kier molecular flexibility index (Phi) is 20.6. The third-order valence-corrected chi connectivity index (χ3v) is 35.1. The van der Waals surface area contributed by atoms with Crippen LogP contribution in [0.25, 0.3) is 44.5 Å². The quantitative estimate of drug-likeness (QED) is 0.135. The molecular formula is C81H102O11P4. The first-order valence-corrected chi connectivity index (χ1v) is 39.8. The summed E-state index contributed by atoms with van der Waals surface area (Å²) < 4.78 is 89.3. The molecule has 0 saturated heterocycles. The summed E-state index contributed by atoms with van der Waals surface area (Å²) in [6, 6.07) is 48.3. The van der Waals surface area contributed by atoms with Gasteiger partial charge in [-0.2, -0.15) is 0 Å². The molecule has 4 aliphatic rings. The molecule has 11 nitrogen and oxygen atoms in total. The average molecular weight is 1380 g/mol. The van der Waals surface area contributed by atoms with Crippen LogP contribution in [0.3, 0.4) is 0 Å². The fourth-order valence-electron chi connectivity index (χ4n) is 14.7. The molecule has 0 unspecified atom stereocenters. The summed E-state index contributed by atoms with van der Waals surface area (Å²) in [6.07, 6.45) is 0.275. The van der Waals surface area contributed by atoms with Gasteiger partial charge >= 0.3 is 0 Å². The first-order valence-electron chi connectivity index (χ1n) is 33.1. The molecule has 512 valence electrons. The van der Waals surface area contributed by atoms with Gasteiger partial charge in [0.05, 0.1) is 44.4 Å². The van der Waals surface area contributed by atoms with E-state index in [1.165, 1.54) is 22.0 Å². The minimum absolute atomic E-state index is 0.163. The summed E-state index contributed by atoms with van der Waals surface area (Å²) in [5, 5.41) is 2.08. The predicted octanol–water partition coefficient (Wildman–Crippen LogP) is 21.3. The highest BCUT2D eigenvalue weighted by molar-refractivity contribution is 7.75. The van der Waals surface area contributed by atoms with Gasteiger partial charge in [0.2, 0.25) is 0 Å². The molecule has 0 aromatic heterocycles. The maximum Gasteiger partial charge on any atom is 0.165 e. The van der Waals surface area contributed by atoms with Crippen LogP contribution in [0, 0.1) is 27.7 Å². The first-order chi connectivity index (χ1) is 44.7. The molecular weight excluding hydrogens is 1270 g/mol. The highest BCUT2D eigenvalue weighted by Gasteiger charge is 2.59. The van der Waals surface area contributed by atoms with Crippen LogP contribution in [-0.4, -0.2) is 71.9 Å². The van der Waals surface area contributed by atoms with Crippen molar-refractivity contribution in [2.75, 3.05) is 34.8 Å². The van der Waals surface area contributed by atoms with Crippen LogP contribution in [0.15, 0.2) is 146 Å². The average Bonchev–Trinajstić information content (AvgIpc) is 1.59. The van der Waals surface area contributed by atoms with Gasteiger partial charge in [0.25, 0.3) is 0 Å². The van der Waals surface area contributed by atoms with Gasteiger partial charge in [0.15, 0.2) is 32.6 Å². The Labute approximate surface area is 574 Å². The lowest BCUT2D eigenvalue weighted by molar-refractivity contribution is 0.201. The highest BCUT2D eigenvalue weighted by atomic mass is 31.2. The van der Waals surface area contributed by atoms with E-state index in [1.54, 1.807) is 28.4 Å². The number of aryl methyl sites for hydroxylation is 4. The van der Waals surface area contributed by atoms with Crippen molar-refractivity contribution in [2.45, 2.75) is 183 Å². The van der Waals surface area contributed by atoms with Gasteiger partial charge in [0.1, 0.15) is 57.7 Å². The van der Waals surface area contributed by atoms with E-state index in [2.05, 4.69) is 105 Å². The Morgan fingerprint density at radius 2 is 0.792 bits per heavy atom. The van der Waals surface area contributed by atoms with Crippen LogP contribution in [0.4, 0.5) is 0 Å². The molecule has 0 saturated carbocycles. The fourth-order valence-corrected chi connectivity index (χ4v) is 28.5. The summed E-state index contributed by atoms with van der Waals surface area (Å²) in [7, 11) is -2.06. The van der Waals surface area contributed by atoms with Crippen LogP contribution < -0.4 is 59.1 Å². The number of benzene rings is 8. The Hall–Kier alpha value is -6.72. The molecule has 0 fully saturated rings. The van der Waals surface area contributed by atoms with Gasteiger partial charge in [-0.05, 0) is 152 Å². The lowest BCUT2D eigenvalue weighted by atomic mass is 9.99. The fraction of sp³-hybridized carbons (Fsp3) is 0.407. The second kappa shape index (κ2) is 26.8. The van der Waals surface area contributed by atoms with Crippen LogP contribution in [0.1, 0.15) is 140 Å². The van der Waals surface area contributed by atoms with Gasteiger partial charge in [-0.3, -0.25) is 0 Å². The minimum Gasteiger partial charge on any atom is -0.496 e. The third-order valence-electron chi connectivity index (χ3n) is 19.0. The maximum absolute atomic E-state index is 14.4. The van der Waals surface area contributed by atoms with Crippen LogP contribution >= 0.6 is 29.3 Å². The van der Waals surface area contributed by atoms with E-state index in [9.17, 15) is 13.7 Å². The number of fused-ring (bicyclic) bond motifs is 4. The van der Waals surface area contributed by atoms with Gasteiger partial charge in [-0.25, -0.2) is 0 Å². The van der Waals surface area contributed by atoms with Crippen LogP contribution in [0.5, 0.6) is 46.0 Å². The van der Waals surface area contributed by atoms with Crippen molar-refractivity contribution in [3.63, 3.8) is 0 Å². The van der Waals surface area contributed by atoms with Crippen LogP contribution in [0.2, 0.25) is 0 Å². The van der Waals surface area contributed by atoms with Gasteiger partial charge in [-0.1, -0.05) is 180 Å². The van der Waals surface area contributed by atoms with E-state index < -0.39 is 39.8 Å². The molecule has 96 heavy (non-hydrogen) atoms. The number of hydrogen-bond acceptors (Lipinski definition) is 11. The second-order valence-corrected chi connectivity index (χ2v) is 45.3. The SMILES string of the molecule is COc1cccc(C)c1-c1cccc2c1[P@](=O)(C(C)(C)C)C(C)(C)O2.COc1cccc(C)c1-c1cccc2c1[P@](=O)(C(C)(C)C)CO2.COc1cccc(C)c1-c1cccc2c1[P@](=O)(C(C)(C)C)[C@@H](C)O2.COc1cccc(C)c1-c1cccc2c1[P@](C(C)(C)C)C(C)(C)O2. The van der Waals surface area contributed by atoms with Crippen molar-refractivity contribution < 1.29 is 51.6 Å². The Bertz CT molecular complexity index is 4400. The zero-order chi connectivity index (χ0) is 70.8. The minimum atomic E-state index is -2.88. The molecule has 0 amide bonds. The zero-order valence-electron chi connectivity index (χ0n) is 61.4. The van der Waals surface area contributed by atoms with Gasteiger partial charge in [0, 0.05) is 59.7 Å². The van der Waals surface area contributed by atoms with Crippen LogP contribution in [-0.2, 0) is 13.7 Å². The molecule has 0 N–H and O–H groups in total. The number of methoxy groups -OCH3 is 4. The van der Waals surface area contributed by atoms with Crippen molar-refractivity contribution in [2.24, 2.45) is 0 Å². The van der Waals surface area contributed by atoms with Gasteiger partial charge in [-0.15, -0.1) is 0 Å². The molecule has 5 atom stereocenters. The summed E-state index contributed by atoms with van der Waals surface area (Å²) in [5.74, 6) is 6.23. The van der Waals surface area contributed by atoms with Crippen molar-refractivity contribution in [3.05, 3.63) is 168 Å². The summed E-state index contributed by atoms with van der Waals surface area (Å²) in [6.45, 7) is 43.9. The van der Waals surface area contributed by atoms with E-state index in [1.807, 2.05) is 186 Å². The highest BCUT2D eigenvalue weighted by Crippen LogP contribution is 2.73. The summed E-state index contributed by atoms with van der Waals surface area (Å²) >= 11 is 0. The molecule has 0 bridgehead atoms. The maximum atomic E-state index is 14.4. The van der Waals surface area contributed by atoms with Crippen molar-refractivity contribution in [1.29, 1.82) is 0 Å². The van der Waals surface area contributed by atoms with Crippen molar-refractivity contribution in [1.82, 2.24) is 0 Å². The lowest BCUT2D eigenvalue weighted by Gasteiger charge is -2.37. The van der Waals surface area contributed by atoms with Crippen molar-refractivity contribution >= 4 is 50.6 Å². The topological polar surface area (TPSA) is 125 Å². The summed E-state index contributed by atoms with van der Waals surface area (Å²) in [5.41, 5.74) is 12.9.